The van der Waals surface area contributed by atoms with Crippen LogP contribution < -0.4 is 17.0 Å². The van der Waals surface area contributed by atoms with Crippen molar-refractivity contribution in [2.75, 3.05) is 13.1 Å². The molecule has 0 saturated carbocycles. The van der Waals surface area contributed by atoms with Crippen molar-refractivity contribution in [3.05, 3.63) is 0 Å². The summed E-state index contributed by atoms with van der Waals surface area (Å²) in [6.07, 6.45) is 4.03. The van der Waals surface area contributed by atoms with E-state index in [1.807, 2.05) is 0 Å². The zero-order valence-electron chi connectivity index (χ0n) is 5.24. The van der Waals surface area contributed by atoms with E-state index < -0.39 is 0 Å². The van der Waals surface area contributed by atoms with Gasteiger partial charge >= 0.3 is 0 Å². The minimum atomic E-state index is 0. The normalized spacial score (nSPS) is 21.0. The van der Waals surface area contributed by atoms with Crippen molar-refractivity contribution in [1.29, 1.82) is 0 Å². The van der Waals surface area contributed by atoms with Gasteiger partial charge in [-0.2, -0.15) is 0 Å². The Labute approximate surface area is 50.4 Å². The lowest BCUT2D eigenvalue weighted by molar-refractivity contribution is 0.573. The van der Waals surface area contributed by atoms with Gasteiger partial charge in [0, 0.05) is 13.1 Å². The molecule has 0 bridgehead atoms. The topological polar surface area (TPSA) is 59.1 Å². The van der Waals surface area contributed by atoms with E-state index in [1.165, 1.54) is 19.3 Å². The molecule has 1 aliphatic heterocycles. The molecule has 1 heterocycles. The molecule has 0 amide bonds. The molecule has 0 spiro atoms. The second-order valence-corrected chi connectivity index (χ2v) is 1.91. The number of rotatable bonds is 0. The highest BCUT2D eigenvalue weighted by Gasteiger charge is 1.92. The molecule has 8 heavy (non-hydrogen) atoms. The summed E-state index contributed by atoms with van der Waals surface area (Å²) < 4.78 is 0. The summed E-state index contributed by atoms with van der Waals surface area (Å²) in [4.78, 5) is 0. The van der Waals surface area contributed by atoms with Crippen LogP contribution in [0.25, 0.3) is 0 Å². The van der Waals surface area contributed by atoms with Gasteiger partial charge < -0.3 is 6.15 Å². The van der Waals surface area contributed by atoms with Crippen LogP contribution in [0, 0.1) is 0 Å². The Balaban J connectivity index is 0.000000490. The van der Waals surface area contributed by atoms with Gasteiger partial charge in [-0.25, -0.2) is 0 Å². The third-order valence-electron chi connectivity index (χ3n) is 1.23. The van der Waals surface area contributed by atoms with Gasteiger partial charge in [-0.3, -0.25) is 10.9 Å². The Kier molecular flexibility index (Phi) is 4.95. The Bertz CT molecular complexity index is 27.3. The maximum atomic E-state index is 3.10. The molecule has 0 atom stereocenters. The van der Waals surface area contributed by atoms with E-state index in [0.29, 0.717) is 0 Å². The van der Waals surface area contributed by atoms with E-state index in [0.717, 1.165) is 13.1 Å². The fourth-order valence-corrected chi connectivity index (χ4v) is 0.780. The van der Waals surface area contributed by atoms with Crippen LogP contribution in [0.15, 0.2) is 0 Å². The molecule has 3 nitrogen and oxygen atoms in total. The van der Waals surface area contributed by atoms with Crippen LogP contribution in [0.4, 0.5) is 0 Å². The first-order chi connectivity index (χ1) is 3.50. The number of hydrogen-bond donors (Lipinski definition) is 3. The molecule has 1 saturated heterocycles. The summed E-state index contributed by atoms with van der Waals surface area (Å²) in [5, 5.41) is 0. The van der Waals surface area contributed by atoms with E-state index in [4.69, 9.17) is 0 Å². The van der Waals surface area contributed by atoms with Crippen LogP contribution >= 0.6 is 0 Å². The van der Waals surface area contributed by atoms with Crippen LogP contribution in [0.3, 0.4) is 0 Å². The molecule has 1 aliphatic rings. The highest BCUT2D eigenvalue weighted by molar-refractivity contribution is 4.51. The minimum Gasteiger partial charge on any atom is -0.344 e. The van der Waals surface area contributed by atoms with Crippen LogP contribution in [-0.2, 0) is 0 Å². The van der Waals surface area contributed by atoms with Gasteiger partial charge in [0.2, 0.25) is 0 Å². The van der Waals surface area contributed by atoms with E-state index in [-0.39, 0.29) is 6.15 Å². The van der Waals surface area contributed by atoms with Gasteiger partial charge in [0.1, 0.15) is 0 Å². The fourth-order valence-electron chi connectivity index (χ4n) is 0.780. The molecular formula is C5H15N3. The average Bonchev–Trinajstić information content (AvgIpc) is 1.90. The van der Waals surface area contributed by atoms with E-state index >= 15 is 0 Å². The molecule has 1 fully saturated rings. The van der Waals surface area contributed by atoms with Crippen molar-refractivity contribution < 1.29 is 0 Å². The van der Waals surface area contributed by atoms with Crippen molar-refractivity contribution in [2.45, 2.75) is 19.3 Å². The van der Waals surface area contributed by atoms with Gasteiger partial charge in [0.25, 0.3) is 0 Å². The van der Waals surface area contributed by atoms with Crippen molar-refractivity contribution in [3.8, 4) is 0 Å². The van der Waals surface area contributed by atoms with Gasteiger partial charge in [-0.15, -0.1) is 0 Å². The van der Waals surface area contributed by atoms with Crippen LogP contribution in [0.2, 0.25) is 0 Å². The smallest absolute Gasteiger partial charge is 0.00997 e. The number of hydrazine groups is 1. The van der Waals surface area contributed by atoms with Gasteiger partial charge in [-0.1, -0.05) is 6.42 Å². The molecule has 1 rings (SSSR count). The first kappa shape index (κ1) is 7.88. The Hall–Kier alpha value is -0.120. The first-order valence-electron chi connectivity index (χ1n) is 2.96. The highest BCUT2D eigenvalue weighted by atomic mass is 15.3. The molecule has 0 aliphatic carbocycles. The molecule has 0 aromatic rings. The van der Waals surface area contributed by atoms with Crippen LogP contribution in [0.1, 0.15) is 19.3 Å². The predicted molar refractivity (Wildman–Crippen MR) is 34.9 cm³/mol. The van der Waals surface area contributed by atoms with Gasteiger partial charge in [-0.05, 0) is 12.8 Å². The summed E-state index contributed by atoms with van der Waals surface area (Å²) in [5.74, 6) is 0. The lowest BCUT2D eigenvalue weighted by Gasteiger charge is -1.95. The standard InChI is InChI=1S/C5H12N2.H3N/c1-2-4-6-7-5-3-1;/h6-7H,1-5H2;1H3. The summed E-state index contributed by atoms with van der Waals surface area (Å²) in [6.45, 7) is 2.28. The molecular weight excluding hydrogens is 102 g/mol. The monoisotopic (exact) mass is 117 g/mol. The SMILES string of the molecule is C1CCNNCC1.N. The third kappa shape index (κ3) is 2.96. The lowest BCUT2D eigenvalue weighted by Crippen LogP contribution is -2.30. The maximum absolute atomic E-state index is 3.10. The number of nitrogens with one attached hydrogen (secondary N) is 2. The molecule has 50 valence electrons. The number of hydrogen-bond acceptors (Lipinski definition) is 3. The zero-order valence-corrected chi connectivity index (χ0v) is 5.24. The first-order valence-corrected chi connectivity index (χ1v) is 2.96. The maximum Gasteiger partial charge on any atom is 0.00997 e. The molecule has 3 heteroatoms. The van der Waals surface area contributed by atoms with Crippen molar-refractivity contribution in [1.82, 2.24) is 17.0 Å². The van der Waals surface area contributed by atoms with E-state index in [1.54, 1.807) is 0 Å². The van der Waals surface area contributed by atoms with E-state index in [9.17, 15) is 0 Å². The van der Waals surface area contributed by atoms with Gasteiger partial charge in [0.15, 0.2) is 0 Å². The largest absolute Gasteiger partial charge is 0.344 e. The fraction of sp³-hybridized carbons (Fsp3) is 1.00. The average molecular weight is 117 g/mol. The van der Waals surface area contributed by atoms with Crippen molar-refractivity contribution in [2.24, 2.45) is 0 Å². The Morgan fingerprint density at radius 2 is 1.25 bits per heavy atom. The molecule has 0 radical (unpaired) electrons. The van der Waals surface area contributed by atoms with Gasteiger partial charge in [0.05, 0.1) is 0 Å². The Morgan fingerprint density at radius 1 is 0.750 bits per heavy atom. The quantitative estimate of drug-likeness (QED) is 0.431. The predicted octanol–water partition coefficient (Wildman–Crippen LogP) is 0.427. The second kappa shape index (κ2) is 5.03. The van der Waals surface area contributed by atoms with E-state index in [2.05, 4.69) is 10.9 Å². The van der Waals surface area contributed by atoms with Crippen molar-refractivity contribution in [3.63, 3.8) is 0 Å². The Morgan fingerprint density at radius 3 is 1.75 bits per heavy atom. The summed E-state index contributed by atoms with van der Waals surface area (Å²) in [6, 6.07) is 0. The second-order valence-electron chi connectivity index (χ2n) is 1.91. The third-order valence-corrected chi connectivity index (χ3v) is 1.23. The zero-order chi connectivity index (χ0) is 4.95. The molecule has 0 aromatic carbocycles. The highest BCUT2D eigenvalue weighted by Crippen LogP contribution is 1.93. The summed E-state index contributed by atoms with van der Waals surface area (Å²) in [5.41, 5.74) is 6.19. The molecule has 0 unspecified atom stereocenters. The van der Waals surface area contributed by atoms with Crippen LogP contribution in [-0.4, -0.2) is 13.1 Å². The minimum absolute atomic E-state index is 0. The van der Waals surface area contributed by atoms with Crippen LogP contribution in [0.5, 0.6) is 0 Å². The molecule has 0 aromatic heterocycles. The lowest BCUT2D eigenvalue weighted by atomic mass is 10.2. The summed E-state index contributed by atoms with van der Waals surface area (Å²) >= 11 is 0. The summed E-state index contributed by atoms with van der Waals surface area (Å²) in [7, 11) is 0. The van der Waals surface area contributed by atoms with Crippen molar-refractivity contribution >= 4 is 0 Å². The molecule has 5 N–H and O–H groups in total.